The Morgan fingerprint density at radius 3 is 2.74 bits per heavy atom. The van der Waals surface area contributed by atoms with Gasteiger partial charge in [0.05, 0.1) is 11.8 Å². The van der Waals surface area contributed by atoms with Gasteiger partial charge < -0.3 is 9.73 Å². The highest BCUT2D eigenvalue weighted by atomic mass is 19.1. The summed E-state index contributed by atoms with van der Waals surface area (Å²) in [5.41, 5.74) is 2.12. The maximum Gasteiger partial charge on any atom is 0.291 e. The zero-order valence-corrected chi connectivity index (χ0v) is 14.8. The average molecular weight is 368 g/mol. The number of nitrogens with one attached hydrogen (secondary N) is 1. The summed E-state index contributed by atoms with van der Waals surface area (Å²) in [5.74, 6) is -0.122. The van der Waals surface area contributed by atoms with Gasteiger partial charge in [0.15, 0.2) is 5.58 Å². The van der Waals surface area contributed by atoms with E-state index in [1.807, 2.05) is 0 Å². The number of aryl methyl sites for hydroxylation is 1. The van der Waals surface area contributed by atoms with E-state index < -0.39 is 6.04 Å². The number of furan rings is 1. The summed E-state index contributed by atoms with van der Waals surface area (Å²) in [5, 5.41) is 7.05. The van der Waals surface area contributed by atoms with Crippen LogP contribution in [-0.2, 0) is 11.3 Å². The van der Waals surface area contributed by atoms with E-state index >= 15 is 0 Å². The second kappa shape index (κ2) is 6.39. The van der Waals surface area contributed by atoms with Crippen molar-refractivity contribution in [3.8, 4) is 0 Å². The first kappa shape index (κ1) is 17.0. The largest absolute Gasteiger partial charge is 0.463 e. The molecule has 3 aromatic heterocycles. The molecule has 7 nitrogen and oxygen atoms in total. The van der Waals surface area contributed by atoms with E-state index in [0.29, 0.717) is 16.9 Å². The number of fused-ring (bicyclic) bond motifs is 3. The molecule has 1 atom stereocenters. The maximum atomic E-state index is 13.0. The molecule has 27 heavy (non-hydrogen) atoms. The fraction of sp³-hybridized carbons (Fsp3) is 0.211. The van der Waals surface area contributed by atoms with Crippen LogP contribution in [0.25, 0.3) is 16.6 Å². The molecule has 0 radical (unpaired) electrons. The van der Waals surface area contributed by atoms with Gasteiger partial charge in [-0.05, 0) is 31.5 Å². The number of carbonyl (C=O) groups excluding carboxylic acids is 1. The number of aromatic nitrogens is 3. The molecule has 0 aliphatic carbocycles. The van der Waals surface area contributed by atoms with Crippen molar-refractivity contribution in [3.63, 3.8) is 0 Å². The van der Waals surface area contributed by atoms with E-state index in [-0.39, 0.29) is 23.8 Å². The number of halogens is 1. The molecule has 0 aliphatic rings. The van der Waals surface area contributed by atoms with Gasteiger partial charge in [0.25, 0.3) is 5.56 Å². The first-order chi connectivity index (χ1) is 13.0. The van der Waals surface area contributed by atoms with Crippen molar-refractivity contribution in [3.05, 3.63) is 70.2 Å². The van der Waals surface area contributed by atoms with Crippen LogP contribution in [0.2, 0.25) is 0 Å². The number of hydrogen-bond acceptors (Lipinski definition) is 4. The molecule has 0 saturated heterocycles. The Kier molecular flexibility index (Phi) is 4.02. The molecule has 3 heterocycles. The molecule has 8 heteroatoms. The van der Waals surface area contributed by atoms with Crippen molar-refractivity contribution in [2.24, 2.45) is 0 Å². The molecule has 1 aromatic carbocycles. The minimum absolute atomic E-state index is 0.234. The fourth-order valence-corrected chi connectivity index (χ4v) is 3.11. The fourth-order valence-electron chi connectivity index (χ4n) is 3.11. The van der Waals surface area contributed by atoms with Gasteiger partial charge in [0.2, 0.25) is 5.91 Å². The molecule has 4 aromatic rings. The lowest BCUT2D eigenvalue weighted by Crippen LogP contribution is -2.38. The maximum absolute atomic E-state index is 13.0. The number of carbonyl (C=O) groups is 1. The van der Waals surface area contributed by atoms with Gasteiger partial charge in [-0.3, -0.25) is 14.0 Å². The van der Waals surface area contributed by atoms with Crippen molar-refractivity contribution in [2.75, 3.05) is 0 Å². The van der Waals surface area contributed by atoms with E-state index in [1.54, 1.807) is 48.8 Å². The van der Waals surface area contributed by atoms with E-state index in [2.05, 4.69) is 10.4 Å². The van der Waals surface area contributed by atoms with Crippen LogP contribution in [-0.4, -0.2) is 20.1 Å². The highest BCUT2D eigenvalue weighted by Crippen LogP contribution is 2.20. The third-order valence-electron chi connectivity index (χ3n) is 4.55. The van der Waals surface area contributed by atoms with Crippen LogP contribution < -0.4 is 10.9 Å². The zero-order valence-electron chi connectivity index (χ0n) is 14.8. The molecule has 0 aliphatic heterocycles. The number of benzene rings is 1. The molecule has 4 rings (SSSR count). The molecule has 0 bridgehead atoms. The van der Waals surface area contributed by atoms with Gasteiger partial charge >= 0.3 is 0 Å². The lowest BCUT2D eigenvalue weighted by molar-refractivity contribution is -0.124. The first-order valence-electron chi connectivity index (χ1n) is 8.46. The molecule has 138 valence electrons. The number of hydrogen-bond donors (Lipinski definition) is 1. The molecule has 1 amide bonds. The van der Waals surface area contributed by atoms with Gasteiger partial charge in [-0.15, -0.1) is 0 Å². The monoisotopic (exact) mass is 368 g/mol. The molecule has 1 unspecified atom stereocenters. The van der Waals surface area contributed by atoms with Crippen molar-refractivity contribution < 1.29 is 13.6 Å². The van der Waals surface area contributed by atoms with Crippen LogP contribution >= 0.6 is 0 Å². The topological polar surface area (TPSA) is 81.5 Å². The SMILES string of the molecule is Cc1nn(C(C)C(=O)NCc2ccc(F)cc2)c(=O)c2cc3occc3n12. The summed E-state index contributed by atoms with van der Waals surface area (Å²) in [6, 6.07) is 8.45. The summed E-state index contributed by atoms with van der Waals surface area (Å²) >= 11 is 0. The average Bonchev–Trinajstić information content (AvgIpc) is 3.24. The number of amides is 1. The lowest BCUT2D eigenvalue weighted by Gasteiger charge is -2.15. The lowest BCUT2D eigenvalue weighted by atomic mass is 10.2. The van der Waals surface area contributed by atoms with Crippen LogP contribution in [0.5, 0.6) is 0 Å². The Bertz CT molecular complexity index is 1200. The van der Waals surface area contributed by atoms with Crippen LogP contribution in [0.4, 0.5) is 4.39 Å². The minimum Gasteiger partial charge on any atom is -0.463 e. The third-order valence-corrected chi connectivity index (χ3v) is 4.55. The van der Waals surface area contributed by atoms with Crippen molar-refractivity contribution in [1.29, 1.82) is 0 Å². The molecular weight excluding hydrogens is 351 g/mol. The van der Waals surface area contributed by atoms with Crippen LogP contribution in [0, 0.1) is 12.7 Å². The summed E-state index contributed by atoms with van der Waals surface area (Å²) in [7, 11) is 0. The second-order valence-electron chi connectivity index (χ2n) is 6.35. The highest BCUT2D eigenvalue weighted by Gasteiger charge is 2.21. The highest BCUT2D eigenvalue weighted by molar-refractivity contribution is 5.83. The second-order valence-corrected chi connectivity index (χ2v) is 6.35. The molecule has 1 N–H and O–H groups in total. The van der Waals surface area contributed by atoms with Gasteiger partial charge in [-0.1, -0.05) is 12.1 Å². The zero-order chi connectivity index (χ0) is 19.1. The predicted octanol–water partition coefficient (Wildman–Crippen LogP) is 2.57. The number of nitrogens with zero attached hydrogens (tertiary/aromatic N) is 3. The van der Waals surface area contributed by atoms with Crippen molar-refractivity contribution in [1.82, 2.24) is 19.5 Å². The van der Waals surface area contributed by atoms with Gasteiger partial charge in [-0.2, -0.15) is 5.10 Å². The van der Waals surface area contributed by atoms with Gasteiger partial charge in [-0.25, -0.2) is 9.07 Å². The van der Waals surface area contributed by atoms with Crippen LogP contribution in [0.3, 0.4) is 0 Å². The van der Waals surface area contributed by atoms with E-state index in [4.69, 9.17) is 4.42 Å². The predicted molar refractivity (Wildman–Crippen MR) is 96.9 cm³/mol. The van der Waals surface area contributed by atoms with E-state index in [1.165, 1.54) is 16.8 Å². The third kappa shape index (κ3) is 2.88. The minimum atomic E-state index is -0.803. The van der Waals surface area contributed by atoms with E-state index in [0.717, 1.165) is 11.1 Å². The Labute approximate surface area is 153 Å². The smallest absolute Gasteiger partial charge is 0.291 e. The summed E-state index contributed by atoms with van der Waals surface area (Å²) in [6.07, 6.45) is 1.55. The molecular formula is C19H17FN4O3. The van der Waals surface area contributed by atoms with Crippen LogP contribution in [0.15, 0.2) is 51.9 Å². The number of rotatable bonds is 4. The van der Waals surface area contributed by atoms with Gasteiger partial charge in [0.1, 0.15) is 23.2 Å². The Hall–Kier alpha value is -3.42. The quantitative estimate of drug-likeness (QED) is 0.600. The molecule has 0 fully saturated rings. The molecule has 0 saturated carbocycles. The summed E-state index contributed by atoms with van der Waals surface area (Å²) in [6.45, 7) is 3.60. The van der Waals surface area contributed by atoms with Crippen LogP contribution in [0.1, 0.15) is 24.4 Å². The van der Waals surface area contributed by atoms with E-state index in [9.17, 15) is 14.0 Å². The Morgan fingerprint density at radius 1 is 1.26 bits per heavy atom. The molecule has 0 spiro atoms. The normalized spacial score (nSPS) is 12.6. The first-order valence-corrected chi connectivity index (χ1v) is 8.46. The van der Waals surface area contributed by atoms with Gasteiger partial charge in [0, 0.05) is 18.7 Å². The van der Waals surface area contributed by atoms with Crippen molar-refractivity contribution in [2.45, 2.75) is 26.4 Å². The Balaban J connectivity index is 1.62. The Morgan fingerprint density at radius 2 is 2.00 bits per heavy atom. The van der Waals surface area contributed by atoms with Crippen molar-refractivity contribution >= 4 is 22.5 Å². The summed E-state index contributed by atoms with van der Waals surface area (Å²) in [4.78, 5) is 25.3. The summed E-state index contributed by atoms with van der Waals surface area (Å²) < 4.78 is 21.2. The standard InChI is InChI=1S/C19H17FN4O3/c1-11(18(25)21-10-13-3-5-14(20)6-4-13)24-19(26)16-9-17-15(7-8-27-17)23(16)12(2)22-24/h3-9,11H,10H2,1-2H3,(H,21,25).